The van der Waals surface area contributed by atoms with Crippen molar-refractivity contribution < 1.29 is 18.7 Å². The molecule has 0 N–H and O–H groups in total. The molecule has 1 unspecified atom stereocenters. The maximum Gasteiger partial charge on any atom is 0.302 e. The molecule has 0 radical (unpaired) electrons. The zero-order valence-electron chi connectivity index (χ0n) is 23.2. The monoisotopic (exact) mass is 533 g/mol. The summed E-state index contributed by atoms with van der Waals surface area (Å²) in [5, 5.41) is 0. The molecule has 2 aliphatic heterocycles. The molecular weight excluding hydrogens is 493 g/mol. The second-order valence-corrected chi connectivity index (χ2v) is 11.6. The molecule has 2 aromatic rings. The van der Waals surface area contributed by atoms with Gasteiger partial charge in [0.25, 0.3) is 0 Å². The number of likely N-dealkylation sites (N-methyl/N-ethyl adjacent to an activating group) is 1. The third-order valence-electron chi connectivity index (χ3n) is 9.15. The highest BCUT2D eigenvalue weighted by molar-refractivity contribution is 5.66. The van der Waals surface area contributed by atoms with Crippen molar-refractivity contribution in [2.24, 2.45) is 11.8 Å². The molecule has 39 heavy (non-hydrogen) atoms. The average Bonchev–Trinajstić information content (AvgIpc) is 3.39. The van der Waals surface area contributed by atoms with Gasteiger partial charge in [0.05, 0.1) is 13.2 Å². The molecule has 3 atom stereocenters. The van der Waals surface area contributed by atoms with Crippen LogP contribution in [0.1, 0.15) is 56.6 Å². The van der Waals surface area contributed by atoms with E-state index in [4.69, 9.17) is 16.0 Å². The Morgan fingerprint density at radius 2 is 1.90 bits per heavy atom. The Bertz CT molecular complexity index is 1190. The quantitative estimate of drug-likeness (QED) is 0.238. The van der Waals surface area contributed by atoms with Crippen molar-refractivity contribution in [3.63, 3.8) is 0 Å². The topological polar surface area (TPSA) is 46.4 Å². The molecule has 208 valence electrons. The molecule has 1 saturated heterocycles. The number of hydrogen-bond donors (Lipinski definition) is 0. The first kappa shape index (κ1) is 27.6. The van der Waals surface area contributed by atoms with Crippen molar-refractivity contribution in [1.82, 2.24) is 9.80 Å². The van der Waals surface area contributed by atoms with Crippen molar-refractivity contribution in [2.45, 2.75) is 63.5 Å². The number of carbonyl (C=O) groups is 1. The van der Waals surface area contributed by atoms with Crippen molar-refractivity contribution in [2.75, 3.05) is 39.8 Å². The lowest BCUT2D eigenvalue weighted by Crippen LogP contribution is -2.57. The SMILES string of the molecule is [C-]#[N+]c1ccc(OCCCN2CCC(C3([C@H]4CCC[C@@H]4OC(C)=O)CN(C)Cc4ccc(F)cc43)CC2)cc1. The molecule has 3 aliphatic rings. The van der Waals surface area contributed by atoms with Crippen LogP contribution in [0.25, 0.3) is 4.85 Å². The molecule has 2 fully saturated rings. The summed E-state index contributed by atoms with van der Waals surface area (Å²) < 4.78 is 26.6. The van der Waals surface area contributed by atoms with Crippen LogP contribution in [0.4, 0.5) is 10.1 Å². The normalized spacial score (nSPS) is 26.1. The number of halogens is 1. The van der Waals surface area contributed by atoms with Gasteiger partial charge < -0.3 is 19.3 Å². The first-order valence-electron chi connectivity index (χ1n) is 14.4. The predicted molar refractivity (Wildman–Crippen MR) is 149 cm³/mol. The fourth-order valence-corrected chi connectivity index (χ4v) is 7.60. The predicted octanol–water partition coefficient (Wildman–Crippen LogP) is 5.97. The second kappa shape index (κ2) is 12.1. The summed E-state index contributed by atoms with van der Waals surface area (Å²) in [6.45, 7) is 13.9. The van der Waals surface area contributed by atoms with Crippen LogP contribution in [0.15, 0.2) is 42.5 Å². The lowest BCUT2D eigenvalue weighted by Gasteiger charge is -2.54. The van der Waals surface area contributed by atoms with Crippen molar-refractivity contribution in [3.8, 4) is 5.75 Å². The first-order valence-corrected chi connectivity index (χ1v) is 14.4. The molecule has 0 spiro atoms. The van der Waals surface area contributed by atoms with Crippen LogP contribution in [0, 0.1) is 24.2 Å². The number of likely N-dealkylation sites (tertiary alicyclic amines) is 1. The highest BCUT2D eigenvalue weighted by Crippen LogP contribution is 2.54. The molecule has 7 heteroatoms. The van der Waals surface area contributed by atoms with Crippen LogP contribution in [-0.4, -0.2) is 61.7 Å². The van der Waals surface area contributed by atoms with E-state index in [0.717, 1.165) is 82.6 Å². The maximum atomic E-state index is 14.8. The highest BCUT2D eigenvalue weighted by Gasteiger charge is 2.55. The first-order chi connectivity index (χ1) is 18.9. The number of piperidine rings is 1. The molecule has 0 bridgehead atoms. The van der Waals surface area contributed by atoms with E-state index in [-0.39, 0.29) is 29.2 Å². The van der Waals surface area contributed by atoms with Crippen molar-refractivity contribution in [1.29, 1.82) is 0 Å². The van der Waals surface area contributed by atoms with Crippen LogP contribution in [-0.2, 0) is 21.5 Å². The number of esters is 1. The Hall–Kier alpha value is -2.95. The van der Waals surface area contributed by atoms with Crippen LogP contribution in [0.5, 0.6) is 5.75 Å². The summed E-state index contributed by atoms with van der Waals surface area (Å²) in [6, 6.07) is 12.6. The summed E-state index contributed by atoms with van der Waals surface area (Å²) in [4.78, 5) is 20.4. The van der Waals surface area contributed by atoms with E-state index in [1.807, 2.05) is 18.2 Å². The summed E-state index contributed by atoms with van der Waals surface area (Å²) in [5.41, 5.74) is 2.76. The lowest BCUT2D eigenvalue weighted by molar-refractivity contribution is -0.150. The number of benzene rings is 2. The molecule has 2 aromatic carbocycles. The largest absolute Gasteiger partial charge is 0.494 e. The standard InChI is InChI=1S/C32H40FN3O3/c1-23(37)39-31-7-4-6-29(31)32(22-35(3)21-24-8-9-26(33)20-30(24)32)25-14-17-36(18-15-25)16-5-19-38-28-12-10-27(34-2)11-13-28/h8-13,20,25,29,31H,4-7,14-19,21-22H2,1,3H3/t29-,31-,32?/m0/s1. The maximum absolute atomic E-state index is 14.8. The van der Waals surface area contributed by atoms with Gasteiger partial charge in [-0.1, -0.05) is 18.2 Å². The minimum atomic E-state index is -0.228. The Kier molecular flexibility index (Phi) is 8.54. The molecular formula is C32H40FN3O3. The third-order valence-corrected chi connectivity index (χ3v) is 9.15. The van der Waals surface area contributed by atoms with E-state index in [1.54, 1.807) is 24.3 Å². The smallest absolute Gasteiger partial charge is 0.302 e. The van der Waals surface area contributed by atoms with Gasteiger partial charge in [-0.05, 0) is 100.0 Å². The van der Waals surface area contributed by atoms with E-state index >= 15 is 0 Å². The number of rotatable bonds is 8. The Morgan fingerprint density at radius 3 is 2.62 bits per heavy atom. The minimum absolute atomic E-state index is 0.107. The summed E-state index contributed by atoms with van der Waals surface area (Å²) >= 11 is 0. The zero-order chi connectivity index (χ0) is 27.4. The van der Waals surface area contributed by atoms with Crippen LogP contribution in [0.2, 0.25) is 0 Å². The third kappa shape index (κ3) is 5.97. The van der Waals surface area contributed by atoms with Gasteiger partial charge in [0.15, 0.2) is 5.69 Å². The van der Waals surface area contributed by atoms with Gasteiger partial charge >= 0.3 is 5.97 Å². The van der Waals surface area contributed by atoms with Gasteiger partial charge in [0.1, 0.15) is 17.7 Å². The number of nitrogens with zero attached hydrogens (tertiary/aromatic N) is 3. The minimum Gasteiger partial charge on any atom is -0.494 e. The van der Waals surface area contributed by atoms with Crippen LogP contribution >= 0.6 is 0 Å². The molecule has 0 amide bonds. The zero-order valence-corrected chi connectivity index (χ0v) is 23.2. The van der Waals surface area contributed by atoms with E-state index in [0.29, 0.717) is 18.2 Å². The molecule has 0 aromatic heterocycles. The number of fused-ring (bicyclic) bond motifs is 1. The van der Waals surface area contributed by atoms with Gasteiger partial charge in [-0.25, -0.2) is 9.24 Å². The molecule has 1 aliphatic carbocycles. The Labute approximate surface area is 231 Å². The van der Waals surface area contributed by atoms with Gasteiger partial charge in [-0.3, -0.25) is 4.79 Å². The Balaban J connectivity index is 1.29. The van der Waals surface area contributed by atoms with Crippen LogP contribution < -0.4 is 4.74 Å². The summed E-state index contributed by atoms with van der Waals surface area (Å²) in [7, 11) is 2.17. The second-order valence-electron chi connectivity index (χ2n) is 11.6. The Morgan fingerprint density at radius 1 is 1.13 bits per heavy atom. The van der Waals surface area contributed by atoms with Gasteiger partial charge in [0, 0.05) is 37.9 Å². The van der Waals surface area contributed by atoms with Crippen molar-refractivity contribution >= 4 is 11.7 Å². The van der Waals surface area contributed by atoms with E-state index in [9.17, 15) is 9.18 Å². The number of ether oxygens (including phenoxy) is 2. The summed E-state index contributed by atoms with van der Waals surface area (Å²) in [6.07, 6.45) is 5.87. The van der Waals surface area contributed by atoms with E-state index < -0.39 is 0 Å². The number of hydrogen-bond acceptors (Lipinski definition) is 5. The van der Waals surface area contributed by atoms with Gasteiger partial charge in [-0.2, -0.15) is 0 Å². The average molecular weight is 534 g/mol. The van der Waals surface area contributed by atoms with Crippen LogP contribution in [0.3, 0.4) is 0 Å². The van der Waals surface area contributed by atoms with Crippen molar-refractivity contribution in [3.05, 3.63) is 70.8 Å². The fourth-order valence-electron chi connectivity index (χ4n) is 7.60. The molecule has 2 heterocycles. The molecule has 1 saturated carbocycles. The summed E-state index contributed by atoms with van der Waals surface area (Å²) in [5.74, 6) is 1.00. The fraction of sp³-hybridized carbons (Fsp3) is 0.562. The van der Waals surface area contributed by atoms with Gasteiger partial charge in [0.2, 0.25) is 0 Å². The molecule has 6 nitrogen and oxygen atoms in total. The van der Waals surface area contributed by atoms with E-state index in [1.165, 1.54) is 12.5 Å². The molecule has 5 rings (SSSR count). The van der Waals surface area contributed by atoms with E-state index in [2.05, 4.69) is 21.7 Å². The van der Waals surface area contributed by atoms with Gasteiger partial charge in [-0.15, -0.1) is 0 Å². The lowest BCUT2D eigenvalue weighted by atomic mass is 9.56. The number of carbonyl (C=O) groups excluding carboxylic acids is 1. The highest BCUT2D eigenvalue weighted by atomic mass is 19.1.